The minimum atomic E-state index is -0.0117. The molecule has 0 bridgehead atoms. The molecular weight excluding hydrogens is 236 g/mol. The first kappa shape index (κ1) is 14.7. The van der Waals surface area contributed by atoms with Crippen molar-refractivity contribution in [2.75, 3.05) is 33.0 Å². The summed E-state index contributed by atoms with van der Waals surface area (Å²) in [7, 11) is 0. The maximum atomic E-state index is 5.47. The molecule has 0 aromatic heterocycles. The lowest BCUT2D eigenvalue weighted by atomic mass is 9.95. The molecule has 0 spiro atoms. The van der Waals surface area contributed by atoms with Crippen molar-refractivity contribution in [1.29, 1.82) is 0 Å². The number of hydrogen-bond donors (Lipinski definition) is 2. The van der Waals surface area contributed by atoms with E-state index in [-0.39, 0.29) is 5.54 Å². The van der Waals surface area contributed by atoms with Gasteiger partial charge in [0.25, 0.3) is 0 Å². The molecule has 1 unspecified atom stereocenters. The van der Waals surface area contributed by atoms with Crippen LogP contribution in [0.3, 0.4) is 0 Å². The molecule has 2 N–H and O–H groups in total. The average molecular weight is 260 g/mol. The van der Waals surface area contributed by atoms with Gasteiger partial charge in [0.05, 0.1) is 12.1 Å². The molecule has 0 radical (unpaired) electrons. The van der Waals surface area contributed by atoms with Crippen molar-refractivity contribution in [2.45, 2.75) is 38.6 Å². The lowest BCUT2D eigenvalue weighted by Crippen LogP contribution is -2.54. The molecule has 0 aliphatic carbocycles. The Morgan fingerprint density at radius 3 is 3.00 bits per heavy atom. The highest BCUT2D eigenvalue weighted by atomic mass is 32.1. The van der Waals surface area contributed by atoms with Crippen LogP contribution >= 0.6 is 12.2 Å². The second-order valence-electron chi connectivity index (χ2n) is 4.65. The minimum absolute atomic E-state index is 0.0117. The highest BCUT2D eigenvalue weighted by Crippen LogP contribution is 2.17. The number of rotatable bonds is 6. The molecule has 1 fully saturated rings. The van der Waals surface area contributed by atoms with Gasteiger partial charge in [-0.1, -0.05) is 0 Å². The standard InChI is InChI=1S/C12H24N2O2S/c1-3-15-9-5-7-13-11(17)14-12(2)6-4-8-16-10-12/h3-10H2,1-2H3,(H2,13,14,17). The zero-order valence-corrected chi connectivity index (χ0v) is 11.7. The lowest BCUT2D eigenvalue weighted by molar-refractivity contribution is 0.0370. The SMILES string of the molecule is CCOCCCNC(=S)NC1(C)CCCOC1. The molecule has 0 amide bonds. The molecule has 0 aromatic rings. The van der Waals surface area contributed by atoms with Crippen LogP contribution < -0.4 is 10.6 Å². The number of nitrogens with one attached hydrogen (secondary N) is 2. The van der Waals surface area contributed by atoms with Crippen LogP contribution in [0.15, 0.2) is 0 Å². The molecule has 0 aromatic carbocycles. The van der Waals surface area contributed by atoms with Gasteiger partial charge in [-0.15, -0.1) is 0 Å². The van der Waals surface area contributed by atoms with Crippen molar-refractivity contribution in [1.82, 2.24) is 10.6 Å². The van der Waals surface area contributed by atoms with Crippen molar-refractivity contribution in [3.05, 3.63) is 0 Å². The summed E-state index contributed by atoms with van der Waals surface area (Å²) in [6.45, 7) is 8.16. The summed E-state index contributed by atoms with van der Waals surface area (Å²) < 4.78 is 10.7. The fourth-order valence-electron chi connectivity index (χ4n) is 1.87. The summed E-state index contributed by atoms with van der Waals surface area (Å²) in [5.41, 5.74) is -0.0117. The van der Waals surface area contributed by atoms with E-state index < -0.39 is 0 Å². The van der Waals surface area contributed by atoms with Crippen LogP contribution in [0.5, 0.6) is 0 Å². The normalized spacial score (nSPS) is 24.4. The van der Waals surface area contributed by atoms with E-state index in [1.807, 2.05) is 6.92 Å². The van der Waals surface area contributed by atoms with Gasteiger partial charge in [-0.05, 0) is 45.3 Å². The predicted molar refractivity (Wildman–Crippen MR) is 73.3 cm³/mol. The van der Waals surface area contributed by atoms with E-state index >= 15 is 0 Å². The molecule has 1 aliphatic heterocycles. The van der Waals surface area contributed by atoms with Gasteiger partial charge < -0.3 is 20.1 Å². The highest BCUT2D eigenvalue weighted by molar-refractivity contribution is 7.80. The van der Waals surface area contributed by atoms with E-state index in [1.54, 1.807) is 0 Å². The molecule has 5 heteroatoms. The largest absolute Gasteiger partial charge is 0.382 e. The van der Waals surface area contributed by atoms with Crippen molar-refractivity contribution < 1.29 is 9.47 Å². The molecule has 1 atom stereocenters. The maximum absolute atomic E-state index is 5.47. The molecule has 1 heterocycles. The van der Waals surface area contributed by atoms with Crippen LogP contribution in [-0.2, 0) is 9.47 Å². The topological polar surface area (TPSA) is 42.5 Å². The summed E-state index contributed by atoms with van der Waals surface area (Å²) in [4.78, 5) is 0. The summed E-state index contributed by atoms with van der Waals surface area (Å²) >= 11 is 5.27. The van der Waals surface area contributed by atoms with Crippen molar-refractivity contribution in [2.24, 2.45) is 0 Å². The van der Waals surface area contributed by atoms with Crippen molar-refractivity contribution >= 4 is 17.3 Å². The van der Waals surface area contributed by atoms with E-state index in [4.69, 9.17) is 21.7 Å². The summed E-state index contributed by atoms with van der Waals surface area (Å²) in [6, 6.07) is 0. The predicted octanol–water partition coefficient (Wildman–Crippen LogP) is 1.45. The Balaban J connectivity index is 2.11. The Morgan fingerprint density at radius 1 is 1.53 bits per heavy atom. The second kappa shape index (κ2) is 7.84. The zero-order valence-electron chi connectivity index (χ0n) is 10.9. The highest BCUT2D eigenvalue weighted by Gasteiger charge is 2.27. The Hall–Kier alpha value is -0.390. The first-order chi connectivity index (χ1) is 8.16. The van der Waals surface area contributed by atoms with Crippen molar-refractivity contribution in [3.8, 4) is 0 Å². The van der Waals surface area contributed by atoms with E-state index in [0.717, 1.165) is 57.3 Å². The number of thiocarbonyl (C=S) groups is 1. The summed E-state index contributed by atoms with van der Waals surface area (Å²) in [5, 5.41) is 7.26. The zero-order chi connectivity index (χ0) is 12.6. The van der Waals surface area contributed by atoms with Gasteiger partial charge in [-0.3, -0.25) is 0 Å². The van der Waals surface area contributed by atoms with Gasteiger partial charge in [0.15, 0.2) is 5.11 Å². The Labute approximate surface area is 109 Å². The summed E-state index contributed by atoms with van der Waals surface area (Å²) in [6.07, 6.45) is 3.17. The molecule has 100 valence electrons. The third-order valence-electron chi connectivity index (χ3n) is 2.81. The van der Waals surface area contributed by atoms with E-state index in [2.05, 4.69) is 17.6 Å². The molecule has 4 nitrogen and oxygen atoms in total. The van der Waals surface area contributed by atoms with Crippen LogP contribution in [0.1, 0.15) is 33.1 Å². The molecular formula is C12H24N2O2S. The average Bonchev–Trinajstić information content (AvgIpc) is 2.29. The summed E-state index contributed by atoms with van der Waals surface area (Å²) in [5.74, 6) is 0. The van der Waals surface area contributed by atoms with Crippen LogP contribution in [0, 0.1) is 0 Å². The van der Waals surface area contributed by atoms with Gasteiger partial charge in [-0.25, -0.2) is 0 Å². The molecule has 1 aliphatic rings. The fraction of sp³-hybridized carbons (Fsp3) is 0.917. The Morgan fingerprint density at radius 2 is 2.35 bits per heavy atom. The molecule has 1 rings (SSSR count). The van der Waals surface area contributed by atoms with E-state index in [9.17, 15) is 0 Å². The smallest absolute Gasteiger partial charge is 0.166 e. The molecule has 1 saturated heterocycles. The third kappa shape index (κ3) is 6.19. The van der Waals surface area contributed by atoms with Gasteiger partial charge in [0.2, 0.25) is 0 Å². The minimum Gasteiger partial charge on any atom is -0.382 e. The van der Waals surface area contributed by atoms with Gasteiger partial charge in [0.1, 0.15) is 0 Å². The van der Waals surface area contributed by atoms with E-state index in [1.165, 1.54) is 0 Å². The second-order valence-corrected chi connectivity index (χ2v) is 5.06. The molecule has 17 heavy (non-hydrogen) atoms. The Bertz CT molecular complexity index is 231. The molecule has 0 saturated carbocycles. The van der Waals surface area contributed by atoms with Crippen LogP contribution in [-0.4, -0.2) is 43.6 Å². The quantitative estimate of drug-likeness (QED) is 0.559. The maximum Gasteiger partial charge on any atom is 0.166 e. The first-order valence-electron chi connectivity index (χ1n) is 6.38. The van der Waals surface area contributed by atoms with Crippen LogP contribution in [0.4, 0.5) is 0 Å². The van der Waals surface area contributed by atoms with Gasteiger partial charge in [-0.2, -0.15) is 0 Å². The monoisotopic (exact) mass is 260 g/mol. The van der Waals surface area contributed by atoms with Crippen molar-refractivity contribution in [3.63, 3.8) is 0 Å². The van der Waals surface area contributed by atoms with Gasteiger partial charge >= 0.3 is 0 Å². The van der Waals surface area contributed by atoms with Gasteiger partial charge in [0, 0.05) is 26.4 Å². The van der Waals surface area contributed by atoms with Crippen LogP contribution in [0.2, 0.25) is 0 Å². The Kier molecular flexibility index (Phi) is 6.77. The fourth-order valence-corrected chi connectivity index (χ4v) is 2.22. The number of hydrogen-bond acceptors (Lipinski definition) is 3. The third-order valence-corrected chi connectivity index (χ3v) is 3.05. The van der Waals surface area contributed by atoms with E-state index in [0.29, 0.717) is 0 Å². The lowest BCUT2D eigenvalue weighted by Gasteiger charge is -2.35. The first-order valence-corrected chi connectivity index (χ1v) is 6.78. The number of ether oxygens (including phenoxy) is 2. The van der Waals surface area contributed by atoms with Crippen LogP contribution in [0.25, 0.3) is 0 Å².